The second-order valence-electron chi connectivity index (χ2n) is 13.0. The van der Waals surface area contributed by atoms with Gasteiger partial charge < -0.3 is 20.1 Å². The highest BCUT2D eigenvalue weighted by Crippen LogP contribution is 2.48. The molecule has 2 N–H and O–H groups in total. The van der Waals surface area contributed by atoms with Crippen molar-refractivity contribution in [1.29, 1.82) is 0 Å². The fourth-order valence-electron chi connectivity index (χ4n) is 7.28. The van der Waals surface area contributed by atoms with Crippen molar-refractivity contribution >= 4 is 39.9 Å². The highest BCUT2D eigenvalue weighted by atomic mass is 32.1. The minimum Gasteiger partial charge on any atom is -0.496 e. The maximum Gasteiger partial charge on any atom is 0.419 e. The van der Waals surface area contributed by atoms with Gasteiger partial charge in [-0.1, -0.05) is 33.6 Å². The lowest BCUT2D eigenvalue weighted by Crippen LogP contribution is -2.36. The Balaban J connectivity index is 0.000000179. The van der Waals surface area contributed by atoms with Crippen molar-refractivity contribution in [1.82, 2.24) is 10.3 Å². The van der Waals surface area contributed by atoms with E-state index in [0.717, 1.165) is 76.4 Å². The van der Waals surface area contributed by atoms with Crippen molar-refractivity contribution < 1.29 is 36.6 Å². The monoisotopic (exact) mass is 709 g/mol. The van der Waals surface area contributed by atoms with E-state index in [0.29, 0.717) is 23.4 Å². The number of nitrogens with zero attached hydrogens (tertiary/aromatic N) is 1. The molecule has 6 rings (SSSR count). The van der Waals surface area contributed by atoms with E-state index in [1.54, 1.807) is 13.2 Å². The first kappa shape index (κ1) is 40.3. The first-order valence-electron chi connectivity index (χ1n) is 17.1. The number of anilines is 1. The number of aldehydes is 1. The summed E-state index contributed by atoms with van der Waals surface area (Å²) in [5.74, 6) is 3.97. The lowest BCUT2D eigenvalue weighted by atomic mass is 9.86. The molecule has 0 spiro atoms. The van der Waals surface area contributed by atoms with Crippen molar-refractivity contribution in [2.24, 2.45) is 29.6 Å². The molecule has 6 atom stereocenters. The number of benzene rings is 2. The van der Waals surface area contributed by atoms with Gasteiger partial charge in [0.25, 0.3) is 0 Å². The van der Waals surface area contributed by atoms with Crippen LogP contribution in [0, 0.1) is 42.3 Å². The van der Waals surface area contributed by atoms with Gasteiger partial charge in [-0.15, -0.1) is 11.3 Å². The molecule has 1 aromatic heterocycles. The number of ether oxygens (including phenoxy) is 2. The summed E-state index contributed by atoms with van der Waals surface area (Å²) >= 11 is 1.51. The van der Waals surface area contributed by atoms with Crippen LogP contribution in [0.3, 0.4) is 0 Å². The predicted molar refractivity (Wildman–Crippen MR) is 188 cm³/mol. The topological polar surface area (TPSA) is 89.5 Å². The molecule has 2 aliphatic carbocycles. The quantitative estimate of drug-likeness (QED) is 0.179. The molecule has 2 aromatic carbocycles. The van der Waals surface area contributed by atoms with E-state index in [1.807, 2.05) is 18.3 Å². The number of aromatic nitrogens is 1. The van der Waals surface area contributed by atoms with Crippen LogP contribution in [-0.2, 0) is 15.7 Å². The number of carbonyl (C=O) groups excluding carboxylic acids is 2. The van der Waals surface area contributed by atoms with Crippen LogP contribution >= 0.6 is 11.3 Å². The molecule has 1 saturated heterocycles. The molecular weight excluding hydrogens is 658 g/mol. The van der Waals surface area contributed by atoms with Crippen LogP contribution in [0.25, 0.3) is 10.2 Å². The maximum atomic E-state index is 12.7. The van der Waals surface area contributed by atoms with Gasteiger partial charge in [-0.3, -0.25) is 9.59 Å². The summed E-state index contributed by atoms with van der Waals surface area (Å²) in [5.41, 5.74) is -0.0518. The van der Waals surface area contributed by atoms with Crippen LogP contribution in [0.15, 0.2) is 30.3 Å². The van der Waals surface area contributed by atoms with Crippen LogP contribution in [0.5, 0.6) is 5.75 Å². The lowest BCUT2D eigenvalue weighted by Gasteiger charge is -2.28. The Labute approximate surface area is 291 Å². The zero-order chi connectivity index (χ0) is 36.1. The Morgan fingerprint density at radius 1 is 1.06 bits per heavy atom. The van der Waals surface area contributed by atoms with Crippen molar-refractivity contribution in [3.63, 3.8) is 0 Å². The summed E-state index contributed by atoms with van der Waals surface area (Å²) in [6.07, 6.45) is 6.14. The average molecular weight is 710 g/mol. The zero-order valence-electron chi connectivity index (χ0n) is 29.4. The highest BCUT2D eigenvalue weighted by molar-refractivity contribution is 7.18. The predicted octanol–water partition coefficient (Wildman–Crippen LogP) is 9.33. The smallest absolute Gasteiger partial charge is 0.419 e. The molecule has 2 bridgehead atoms. The summed E-state index contributed by atoms with van der Waals surface area (Å²) in [4.78, 5) is 25.1. The second-order valence-corrected chi connectivity index (χ2v) is 14.2. The Kier molecular flexibility index (Phi) is 15.9. The number of thiazole rings is 1. The van der Waals surface area contributed by atoms with Gasteiger partial charge in [0.05, 0.1) is 33.5 Å². The number of nitrogens with one attached hydrogen (secondary N) is 2. The molecule has 3 aliphatic rings. The largest absolute Gasteiger partial charge is 0.496 e. The molecule has 5 unspecified atom stereocenters. The Morgan fingerprint density at radius 3 is 2.33 bits per heavy atom. The Hall–Kier alpha value is -3.09. The van der Waals surface area contributed by atoms with Crippen LogP contribution < -0.4 is 15.4 Å². The second kappa shape index (κ2) is 19.3. The number of carbonyl (C=O) groups is 2. The third-order valence-corrected chi connectivity index (χ3v) is 10.8. The fraction of sp³-hybridized carbons (Fsp3) is 0.595. The number of halogens is 4. The van der Waals surface area contributed by atoms with Crippen molar-refractivity contribution in [3.8, 4) is 5.75 Å². The van der Waals surface area contributed by atoms with E-state index < -0.39 is 17.6 Å². The number of rotatable bonds is 8. The maximum absolute atomic E-state index is 12.7. The summed E-state index contributed by atoms with van der Waals surface area (Å²) < 4.78 is 60.5. The van der Waals surface area contributed by atoms with Gasteiger partial charge in [-0.05, 0) is 106 Å². The zero-order valence-corrected chi connectivity index (χ0v) is 30.2. The molecule has 272 valence electrons. The number of aryl methyl sites for hydroxylation is 1. The fourth-order valence-corrected chi connectivity index (χ4v) is 8.19. The first-order valence-corrected chi connectivity index (χ1v) is 17.9. The number of hydrogen-bond donors (Lipinski definition) is 2. The minimum atomic E-state index is -4.76. The van der Waals surface area contributed by atoms with Gasteiger partial charge in [0.1, 0.15) is 11.6 Å². The molecular formula is C37H51F4N3O4S. The molecule has 3 fully saturated rings. The Morgan fingerprint density at radius 2 is 1.78 bits per heavy atom. The van der Waals surface area contributed by atoms with E-state index in [4.69, 9.17) is 9.47 Å². The van der Waals surface area contributed by atoms with E-state index >= 15 is 0 Å². The normalized spacial score (nSPS) is 24.0. The third kappa shape index (κ3) is 11.2. The van der Waals surface area contributed by atoms with Gasteiger partial charge in [-0.25, -0.2) is 9.37 Å². The molecule has 0 radical (unpaired) electrons. The molecule has 2 heterocycles. The highest BCUT2D eigenvalue weighted by Gasteiger charge is 2.44. The van der Waals surface area contributed by atoms with Gasteiger partial charge in [0.2, 0.25) is 6.41 Å². The number of amides is 1. The number of alkyl halides is 3. The number of hydrogen-bond acceptors (Lipinski definition) is 7. The molecule has 3 aromatic rings. The van der Waals surface area contributed by atoms with E-state index in [9.17, 15) is 27.2 Å². The van der Waals surface area contributed by atoms with E-state index in [-0.39, 0.29) is 12.1 Å². The number of methoxy groups -OCH3 is 1. The van der Waals surface area contributed by atoms with E-state index in [2.05, 4.69) is 38.1 Å². The third-order valence-electron chi connectivity index (χ3n) is 9.81. The standard InChI is InChI=1S/C10H9NO2S.C10H20O.C9H17N.C8H5F4NO/c1-6-11-8-3-4-9(13-2)7(5-12)10(8)14-6;1-3-5-10-6-9(4-2)7-11-8-10;1-6-7-3-4-8(5-7)9(6)10-2;9-7-2-1-5(13-4-14)3-6(7)8(10,11)12/h3-5H,1-2H3;9-10H,3-8H2,1-2H3;6-10H,3-5H2,1-2H3;1-4H,(H,13,14)/t;;6?,7-,8?,9?;/m..1./s1. The molecule has 2 saturated carbocycles. The lowest BCUT2D eigenvalue weighted by molar-refractivity contribution is -0.140. The average Bonchev–Trinajstić information content (AvgIpc) is 3.80. The van der Waals surface area contributed by atoms with Crippen LogP contribution in [-0.4, -0.2) is 51.1 Å². The summed E-state index contributed by atoms with van der Waals surface area (Å²) in [6.45, 7) is 10.9. The first-order chi connectivity index (χ1) is 23.4. The molecule has 12 heteroatoms. The van der Waals surface area contributed by atoms with Crippen molar-refractivity contribution in [3.05, 3.63) is 52.3 Å². The van der Waals surface area contributed by atoms with Crippen molar-refractivity contribution in [2.75, 3.05) is 32.7 Å². The molecule has 7 nitrogen and oxygen atoms in total. The van der Waals surface area contributed by atoms with E-state index in [1.165, 1.54) is 56.3 Å². The summed E-state index contributed by atoms with van der Waals surface area (Å²) in [6, 6.07) is 6.70. The van der Waals surface area contributed by atoms with Gasteiger partial charge in [0, 0.05) is 24.9 Å². The molecule has 49 heavy (non-hydrogen) atoms. The summed E-state index contributed by atoms with van der Waals surface area (Å²) in [7, 11) is 3.67. The van der Waals surface area contributed by atoms with Crippen LogP contribution in [0.4, 0.5) is 23.2 Å². The molecule has 1 aliphatic heterocycles. The van der Waals surface area contributed by atoms with Crippen LogP contribution in [0.1, 0.15) is 86.6 Å². The Bertz CT molecular complexity index is 1480. The van der Waals surface area contributed by atoms with Crippen molar-refractivity contribution in [2.45, 2.75) is 84.9 Å². The summed E-state index contributed by atoms with van der Waals surface area (Å²) in [5, 5.41) is 6.40. The van der Waals surface area contributed by atoms with Gasteiger partial charge in [0.15, 0.2) is 6.29 Å². The number of fused-ring (bicyclic) bond motifs is 3. The van der Waals surface area contributed by atoms with Gasteiger partial charge >= 0.3 is 6.18 Å². The molecule has 1 amide bonds. The van der Waals surface area contributed by atoms with Crippen LogP contribution in [0.2, 0.25) is 0 Å². The SMILES string of the molecule is CCCC1COCC(CC)C1.CNC1C2CC[C@H](C2)C1C.COc1ccc2nc(C)sc2c1C=O.O=CNc1ccc(F)c(C(F)(F)F)c1. The van der Waals surface area contributed by atoms with Gasteiger partial charge in [-0.2, -0.15) is 13.2 Å². The minimum absolute atomic E-state index is 0.103.